The van der Waals surface area contributed by atoms with Gasteiger partial charge in [-0.15, -0.1) is 0 Å². The third-order valence-corrected chi connectivity index (χ3v) is 5.33. The summed E-state index contributed by atoms with van der Waals surface area (Å²) in [6.07, 6.45) is 10.7. The smallest absolute Gasteiger partial charge is 0.379 e. The first-order chi connectivity index (χ1) is 12.7. The molecule has 0 spiro atoms. The summed E-state index contributed by atoms with van der Waals surface area (Å²) in [6.45, 7) is 3.93. The third-order valence-electron chi connectivity index (χ3n) is 4.26. The summed E-state index contributed by atoms with van der Waals surface area (Å²) >= 11 is 0. The number of ether oxygens (including phenoxy) is 1. The SMILES string of the molecule is CCCCCCCCCCCOCC(CN)OP(=O)(O)OCC[N+](C)(C)C. The molecule has 2 unspecified atom stereocenters. The monoisotopic (exact) mass is 411 g/mol. The molecule has 0 aromatic rings. The zero-order valence-corrected chi connectivity index (χ0v) is 18.9. The molecule has 8 heteroatoms. The number of rotatable bonds is 19. The van der Waals surface area contributed by atoms with Gasteiger partial charge in [0.2, 0.25) is 0 Å². The highest BCUT2D eigenvalue weighted by molar-refractivity contribution is 7.47. The lowest BCUT2D eigenvalue weighted by Crippen LogP contribution is -2.37. The highest BCUT2D eigenvalue weighted by Gasteiger charge is 2.27. The van der Waals surface area contributed by atoms with Gasteiger partial charge in [-0.3, -0.25) is 9.05 Å². The van der Waals surface area contributed by atoms with E-state index in [1.54, 1.807) is 0 Å². The van der Waals surface area contributed by atoms with E-state index < -0.39 is 13.9 Å². The molecule has 0 bridgehead atoms. The van der Waals surface area contributed by atoms with Gasteiger partial charge in [-0.05, 0) is 6.42 Å². The van der Waals surface area contributed by atoms with E-state index in [4.69, 9.17) is 19.5 Å². The van der Waals surface area contributed by atoms with Crippen LogP contribution in [0.3, 0.4) is 0 Å². The van der Waals surface area contributed by atoms with E-state index in [0.29, 0.717) is 17.6 Å². The molecule has 164 valence electrons. The van der Waals surface area contributed by atoms with Crippen LogP contribution in [0.25, 0.3) is 0 Å². The van der Waals surface area contributed by atoms with E-state index in [-0.39, 0.29) is 19.8 Å². The molecule has 27 heavy (non-hydrogen) atoms. The Hall–Kier alpha value is -0.0100. The first kappa shape index (κ1) is 27.0. The molecule has 3 N–H and O–H groups in total. The molecule has 0 radical (unpaired) electrons. The highest BCUT2D eigenvalue weighted by atomic mass is 31.2. The second-order valence-corrected chi connectivity index (χ2v) is 9.59. The van der Waals surface area contributed by atoms with Gasteiger partial charge in [-0.2, -0.15) is 0 Å². The van der Waals surface area contributed by atoms with Crippen molar-refractivity contribution < 1.29 is 27.7 Å². The lowest BCUT2D eigenvalue weighted by atomic mass is 10.1. The molecule has 0 saturated carbocycles. The topological polar surface area (TPSA) is 91.0 Å². The molecule has 0 aliphatic heterocycles. The maximum absolute atomic E-state index is 12.0. The van der Waals surface area contributed by atoms with Gasteiger partial charge in [-0.1, -0.05) is 58.3 Å². The van der Waals surface area contributed by atoms with E-state index in [1.165, 1.54) is 44.9 Å². The normalized spacial score (nSPS) is 15.6. The van der Waals surface area contributed by atoms with Crippen LogP contribution in [0.15, 0.2) is 0 Å². The Kier molecular flexibility index (Phi) is 15.9. The Morgan fingerprint density at radius 3 is 2.04 bits per heavy atom. The minimum absolute atomic E-state index is 0.112. The fourth-order valence-corrected chi connectivity index (χ4v) is 3.42. The Morgan fingerprint density at radius 1 is 0.963 bits per heavy atom. The average molecular weight is 412 g/mol. The van der Waals surface area contributed by atoms with Crippen molar-refractivity contribution in [3.8, 4) is 0 Å². The van der Waals surface area contributed by atoms with E-state index in [0.717, 1.165) is 12.8 Å². The molecule has 0 rings (SSSR count). The predicted octanol–water partition coefficient (Wildman–Crippen LogP) is 3.70. The van der Waals surface area contributed by atoms with Crippen LogP contribution < -0.4 is 5.73 Å². The van der Waals surface area contributed by atoms with Crippen LogP contribution in [-0.2, 0) is 18.3 Å². The van der Waals surface area contributed by atoms with Gasteiger partial charge >= 0.3 is 7.82 Å². The lowest BCUT2D eigenvalue weighted by Gasteiger charge is -2.25. The average Bonchev–Trinajstić information content (AvgIpc) is 2.57. The fraction of sp³-hybridized carbons (Fsp3) is 1.00. The van der Waals surface area contributed by atoms with E-state index in [2.05, 4.69) is 6.92 Å². The van der Waals surface area contributed by atoms with Crippen LogP contribution in [0, 0.1) is 0 Å². The summed E-state index contributed by atoms with van der Waals surface area (Å²) in [6, 6.07) is 0. The summed E-state index contributed by atoms with van der Waals surface area (Å²) in [5.41, 5.74) is 5.61. The van der Waals surface area contributed by atoms with Crippen LogP contribution in [0.1, 0.15) is 64.7 Å². The van der Waals surface area contributed by atoms with Gasteiger partial charge < -0.3 is 19.8 Å². The molecule has 0 aromatic heterocycles. The fourth-order valence-electron chi connectivity index (χ4n) is 2.52. The Labute approximate surface area is 166 Å². The number of hydrogen-bond donors (Lipinski definition) is 2. The Morgan fingerprint density at radius 2 is 1.52 bits per heavy atom. The number of unbranched alkanes of at least 4 members (excludes halogenated alkanes) is 8. The van der Waals surface area contributed by atoms with Gasteiger partial charge in [0.25, 0.3) is 0 Å². The number of quaternary nitrogens is 1. The van der Waals surface area contributed by atoms with Crippen LogP contribution >= 0.6 is 7.82 Å². The number of phosphoric ester groups is 1. The summed E-state index contributed by atoms with van der Waals surface area (Å²) < 4.78 is 28.3. The molecule has 2 atom stereocenters. The highest BCUT2D eigenvalue weighted by Crippen LogP contribution is 2.44. The minimum Gasteiger partial charge on any atom is -0.379 e. The van der Waals surface area contributed by atoms with Crippen molar-refractivity contribution in [1.29, 1.82) is 0 Å². The van der Waals surface area contributed by atoms with Gasteiger partial charge in [0.1, 0.15) is 19.3 Å². The van der Waals surface area contributed by atoms with Crippen LogP contribution in [-0.4, -0.2) is 69.5 Å². The number of nitrogens with two attached hydrogens (primary N) is 1. The zero-order valence-electron chi connectivity index (χ0n) is 18.0. The van der Waals surface area contributed by atoms with Crippen molar-refractivity contribution in [2.45, 2.75) is 70.8 Å². The molecule has 0 aromatic carbocycles. The van der Waals surface area contributed by atoms with Crippen molar-refractivity contribution in [3.05, 3.63) is 0 Å². The number of phosphoric acid groups is 1. The van der Waals surface area contributed by atoms with Crippen molar-refractivity contribution in [2.75, 3.05) is 54.1 Å². The van der Waals surface area contributed by atoms with E-state index in [9.17, 15) is 9.46 Å². The molecule has 0 amide bonds. The first-order valence-electron chi connectivity index (χ1n) is 10.4. The molecule has 0 fully saturated rings. The second kappa shape index (κ2) is 15.9. The molecule has 0 aliphatic rings. The van der Waals surface area contributed by atoms with Gasteiger partial charge in [-0.25, -0.2) is 4.57 Å². The summed E-state index contributed by atoms with van der Waals surface area (Å²) in [5, 5.41) is 0. The van der Waals surface area contributed by atoms with Crippen molar-refractivity contribution in [1.82, 2.24) is 0 Å². The third kappa shape index (κ3) is 19.1. The molecule has 0 heterocycles. The largest absolute Gasteiger partial charge is 0.472 e. The molecular weight excluding hydrogens is 367 g/mol. The lowest BCUT2D eigenvalue weighted by molar-refractivity contribution is -0.870. The molecule has 0 saturated heterocycles. The standard InChI is InChI=1S/C19H43N2O5P/c1-5-6-7-8-9-10-11-12-13-15-24-18-19(17-20)26-27(22,23)25-16-14-21(2,3)4/h19H,5-18,20H2,1-4H3/p+1. The summed E-state index contributed by atoms with van der Waals surface area (Å²) in [7, 11) is 1.84. The number of hydrogen-bond acceptors (Lipinski definition) is 5. The second-order valence-electron chi connectivity index (χ2n) is 8.18. The molecular formula is C19H44N2O5P+. The van der Waals surface area contributed by atoms with Crippen LogP contribution in [0.4, 0.5) is 0 Å². The van der Waals surface area contributed by atoms with Gasteiger partial charge in [0.15, 0.2) is 0 Å². The Bertz CT molecular complexity index is 391. The summed E-state index contributed by atoms with van der Waals surface area (Å²) in [5.74, 6) is 0. The first-order valence-corrected chi connectivity index (χ1v) is 11.9. The number of nitrogens with zero attached hydrogens (tertiary/aromatic N) is 1. The zero-order chi connectivity index (χ0) is 20.6. The maximum Gasteiger partial charge on any atom is 0.472 e. The minimum atomic E-state index is -4.10. The molecule has 7 nitrogen and oxygen atoms in total. The Balaban J connectivity index is 3.72. The number of likely N-dealkylation sites (N-methyl/N-ethyl adjacent to an activating group) is 1. The van der Waals surface area contributed by atoms with Gasteiger partial charge in [0, 0.05) is 13.2 Å². The van der Waals surface area contributed by atoms with Gasteiger partial charge in [0.05, 0.1) is 27.7 Å². The summed E-state index contributed by atoms with van der Waals surface area (Å²) in [4.78, 5) is 9.78. The van der Waals surface area contributed by atoms with E-state index >= 15 is 0 Å². The maximum atomic E-state index is 12.0. The van der Waals surface area contributed by atoms with Crippen molar-refractivity contribution >= 4 is 7.82 Å². The van der Waals surface area contributed by atoms with Crippen LogP contribution in [0.5, 0.6) is 0 Å². The van der Waals surface area contributed by atoms with E-state index in [1.807, 2.05) is 21.1 Å². The van der Waals surface area contributed by atoms with Crippen molar-refractivity contribution in [3.63, 3.8) is 0 Å². The van der Waals surface area contributed by atoms with Crippen molar-refractivity contribution in [2.24, 2.45) is 5.73 Å². The van der Waals surface area contributed by atoms with Crippen LogP contribution in [0.2, 0.25) is 0 Å². The predicted molar refractivity (Wildman–Crippen MR) is 111 cm³/mol. The quantitative estimate of drug-likeness (QED) is 0.191. The molecule has 0 aliphatic carbocycles.